The minimum absolute atomic E-state index is 0.0265. The highest BCUT2D eigenvalue weighted by Crippen LogP contribution is 2.20. The van der Waals surface area contributed by atoms with E-state index in [1.807, 2.05) is 13.2 Å². The SMILES string of the molecule is CSCCC(C)N(C)S(=O)(=O)c1cncc(Br)c1. The zero-order chi connectivity index (χ0) is 13.8. The van der Waals surface area contributed by atoms with Crippen molar-refractivity contribution < 1.29 is 8.42 Å². The molecule has 1 heterocycles. The van der Waals surface area contributed by atoms with E-state index in [0.717, 1.165) is 12.2 Å². The van der Waals surface area contributed by atoms with Crippen molar-refractivity contribution in [3.05, 3.63) is 22.9 Å². The zero-order valence-corrected chi connectivity index (χ0v) is 13.8. The lowest BCUT2D eigenvalue weighted by Gasteiger charge is -2.24. The van der Waals surface area contributed by atoms with Crippen LogP contribution in [-0.4, -0.2) is 42.8 Å². The first-order valence-electron chi connectivity index (χ1n) is 5.47. The van der Waals surface area contributed by atoms with E-state index in [4.69, 9.17) is 0 Å². The van der Waals surface area contributed by atoms with Gasteiger partial charge in [-0.25, -0.2) is 8.42 Å². The van der Waals surface area contributed by atoms with Crippen LogP contribution < -0.4 is 0 Å². The molecule has 0 aliphatic heterocycles. The van der Waals surface area contributed by atoms with E-state index in [2.05, 4.69) is 20.9 Å². The first-order valence-corrected chi connectivity index (χ1v) is 9.09. The van der Waals surface area contributed by atoms with Crippen LogP contribution in [0.15, 0.2) is 27.8 Å². The maximum atomic E-state index is 12.3. The van der Waals surface area contributed by atoms with E-state index in [1.165, 1.54) is 10.5 Å². The Balaban J connectivity index is 2.92. The van der Waals surface area contributed by atoms with Crippen molar-refractivity contribution in [2.45, 2.75) is 24.3 Å². The third-order valence-electron chi connectivity index (χ3n) is 2.72. The molecule has 18 heavy (non-hydrogen) atoms. The fourth-order valence-corrected chi connectivity index (χ4v) is 3.88. The third kappa shape index (κ3) is 3.94. The maximum absolute atomic E-state index is 12.3. The van der Waals surface area contributed by atoms with Gasteiger partial charge in [0.1, 0.15) is 4.90 Å². The first kappa shape index (κ1) is 15.9. The highest BCUT2D eigenvalue weighted by atomic mass is 79.9. The topological polar surface area (TPSA) is 50.3 Å². The summed E-state index contributed by atoms with van der Waals surface area (Å²) >= 11 is 4.95. The van der Waals surface area contributed by atoms with Crippen LogP contribution >= 0.6 is 27.7 Å². The number of nitrogens with zero attached hydrogens (tertiary/aromatic N) is 2. The molecule has 0 amide bonds. The van der Waals surface area contributed by atoms with Crippen molar-refractivity contribution in [2.24, 2.45) is 0 Å². The molecule has 1 unspecified atom stereocenters. The van der Waals surface area contributed by atoms with Crippen LogP contribution in [0.4, 0.5) is 0 Å². The van der Waals surface area contributed by atoms with Crippen LogP contribution in [0.2, 0.25) is 0 Å². The Hall–Kier alpha value is -0.110. The number of halogens is 1. The molecule has 0 saturated carbocycles. The summed E-state index contributed by atoms with van der Waals surface area (Å²) in [5.41, 5.74) is 0. The van der Waals surface area contributed by atoms with Crippen LogP contribution in [0.5, 0.6) is 0 Å². The summed E-state index contributed by atoms with van der Waals surface area (Å²) < 4.78 is 26.8. The Bertz CT molecular complexity index is 494. The Kier molecular flexibility index (Phi) is 6.10. The highest BCUT2D eigenvalue weighted by Gasteiger charge is 2.25. The smallest absolute Gasteiger partial charge is 0.244 e. The largest absolute Gasteiger partial charge is 0.262 e. The van der Waals surface area contributed by atoms with Gasteiger partial charge < -0.3 is 0 Å². The predicted molar refractivity (Wildman–Crippen MR) is 79.3 cm³/mol. The predicted octanol–water partition coefficient (Wildman–Crippen LogP) is 2.61. The van der Waals surface area contributed by atoms with Gasteiger partial charge in [0.15, 0.2) is 0 Å². The lowest BCUT2D eigenvalue weighted by atomic mass is 10.3. The molecule has 0 aromatic carbocycles. The van der Waals surface area contributed by atoms with E-state index in [0.29, 0.717) is 4.47 Å². The number of sulfonamides is 1. The van der Waals surface area contributed by atoms with E-state index in [9.17, 15) is 8.42 Å². The molecule has 102 valence electrons. The Morgan fingerprint density at radius 3 is 2.72 bits per heavy atom. The van der Waals surface area contributed by atoms with Crippen molar-refractivity contribution in [3.8, 4) is 0 Å². The molecule has 1 aromatic heterocycles. The van der Waals surface area contributed by atoms with Crippen LogP contribution in [0.3, 0.4) is 0 Å². The molecule has 0 radical (unpaired) electrons. The Labute approximate surface area is 121 Å². The number of pyridine rings is 1. The summed E-state index contributed by atoms with van der Waals surface area (Å²) in [4.78, 5) is 4.12. The average Bonchev–Trinajstić information content (AvgIpc) is 2.34. The van der Waals surface area contributed by atoms with Gasteiger partial charge in [-0.1, -0.05) is 0 Å². The van der Waals surface area contributed by atoms with Gasteiger partial charge in [-0.3, -0.25) is 4.98 Å². The standard InChI is InChI=1S/C11H17BrN2O2S2/c1-9(4-5-17-3)14(2)18(15,16)11-6-10(12)7-13-8-11/h6-9H,4-5H2,1-3H3. The Morgan fingerprint density at radius 2 is 2.17 bits per heavy atom. The average molecular weight is 353 g/mol. The van der Waals surface area contributed by atoms with Gasteiger partial charge >= 0.3 is 0 Å². The van der Waals surface area contributed by atoms with Gasteiger partial charge in [-0.15, -0.1) is 0 Å². The molecule has 1 atom stereocenters. The van der Waals surface area contributed by atoms with E-state index in [-0.39, 0.29) is 10.9 Å². The monoisotopic (exact) mass is 352 g/mol. The molecule has 0 saturated heterocycles. The van der Waals surface area contributed by atoms with Crippen molar-refractivity contribution in [1.29, 1.82) is 0 Å². The molecule has 0 spiro atoms. The fraction of sp³-hybridized carbons (Fsp3) is 0.545. The molecule has 0 bridgehead atoms. The van der Waals surface area contributed by atoms with Gasteiger partial charge in [0, 0.05) is 30.0 Å². The second kappa shape index (κ2) is 6.88. The summed E-state index contributed by atoms with van der Waals surface area (Å²) in [6.45, 7) is 1.92. The number of thioether (sulfide) groups is 1. The second-order valence-corrected chi connectivity index (χ2v) is 7.89. The van der Waals surface area contributed by atoms with Gasteiger partial charge in [-0.2, -0.15) is 16.1 Å². The van der Waals surface area contributed by atoms with Gasteiger partial charge in [0.05, 0.1) is 0 Å². The summed E-state index contributed by atoms with van der Waals surface area (Å²) in [6.07, 6.45) is 5.78. The summed E-state index contributed by atoms with van der Waals surface area (Å²) in [5, 5.41) is 0. The van der Waals surface area contributed by atoms with Crippen LogP contribution in [0.25, 0.3) is 0 Å². The molecular weight excluding hydrogens is 336 g/mol. The van der Waals surface area contributed by atoms with Crippen molar-refractivity contribution in [1.82, 2.24) is 9.29 Å². The number of aromatic nitrogens is 1. The minimum Gasteiger partial charge on any atom is -0.262 e. The van der Waals surface area contributed by atoms with Crippen LogP contribution in [-0.2, 0) is 10.0 Å². The molecule has 0 fully saturated rings. The fourth-order valence-electron chi connectivity index (χ4n) is 1.41. The van der Waals surface area contributed by atoms with E-state index < -0.39 is 10.0 Å². The quantitative estimate of drug-likeness (QED) is 0.789. The van der Waals surface area contributed by atoms with Gasteiger partial charge in [0.2, 0.25) is 10.0 Å². The third-order valence-corrected chi connectivity index (χ3v) is 5.73. The molecule has 0 N–H and O–H groups in total. The van der Waals surface area contributed by atoms with Crippen LogP contribution in [0.1, 0.15) is 13.3 Å². The van der Waals surface area contributed by atoms with Crippen molar-refractivity contribution in [3.63, 3.8) is 0 Å². The maximum Gasteiger partial charge on any atom is 0.244 e. The number of hydrogen-bond acceptors (Lipinski definition) is 4. The zero-order valence-electron chi connectivity index (χ0n) is 10.6. The molecule has 1 aromatic rings. The number of hydrogen-bond donors (Lipinski definition) is 0. The molecule has 7 heteroatoms. The summed E-state index contributed by atoms with van der Waals surface area (Å²) in [7, 11) is -1.85. The summed E-state index contributed by atoms with van der Waals surface area (Å²) in [6, 6.07) is 1.54. The molecule has 0 aliphatic rings. The van der Waals surface area contributed by atoms with E-state index >= 15 is 0 Å². The van der Waals surface area contributed by atoms with Gasteiger partial charge in [0.25, 0.3) is 0 Å². The first-order chi connectivity index (χ1) is 8.39. The van der Waals surface area contributed by atoms with Crippen molar-refractivity contribution in [2.75, 3.05) is 19.1 Å². The number of rotatable bonds is 6. The minimum atomic E-state index is -3.46. The van der Waals surface area contributed by atoms with Crippen molar-refractivity contribution >= 4 is 37.7 Å². The lowest BCUT2D eigenvalue weighted by Crippen LogP contribution is -2.35. The second-order valence-electron chi connectivity index (χ2n) is 3.99. The molecule has 4 nitrogen and oxygen atoms in total. The molecular formula is C11H17BrN2O2S2. The highest BCUT2D eigenvalue weighted by molar-refractivity contribution is 9.10. The molecule has 0 aliphatic carbocycles. The summed E-state index contributed by atoms with van der Waals surface area (Å²) in [5.74, 6) is 0.942. The lowest BCUT2D eigenvalue weighted by molar-refractivity contribution is 0.382. The normalized spacial score (nSPS) is 13.8. The molecule has 1 rings (SSSR count). The van der Waals surface area contributed by atoms with Crippen LogP contribution in [0, 0.1) is 0 Å². The van der Waals surface area contributed by atoms with E-state index in [1.54, 1.807) is 31.1 Å². The van der Waals surface area contributed by atoms with Gasteiger partial charge in [-0.05, 0) is 47.3 Å². The Morgan fingerprint density at radius 1 is 1.50 bits per heavy atom.